The predicted octanol–water partition coefficient (Wildman–Crippen LogP) is 3.07. The zero-order valence-electron chi connectivity index (χ0n) is 8.55. The van der Waals surface area contributed by atoms with Crippen molar-refractivity contribution >= 4 is 37.6 Å². The fourth-order valence-electron chi connectivity index (χ4n) is 1.21. The van der Waals surface area contributed by atoms with Crippen molar-refractivity contribution in [1.29, 1.82) is 0 Å². The molecular formula is C11H12Br2O2. The number of carbonyl (C=O) groups excluding carboxylic acids is 1. The lowest BCUT2D eigenvalue weighted by molar-refractivity contribution is -0.111. The second kappa shape index (κ2) is 4.00. The Hall–Kier alpha value is -0.190. The maximum absolute atomic E-state index is 11.5. The first kappa shape index (κ1) is 12.9. The van der Waals surface area contributed by atoms with Crippen molar-refractivity contribution in [3.63, 3.8) is 0 Å². The molecule has 0 saturated heterocycles. The van der Waals surface area contributed by atoms with E-state index in [1.54, 1.807) is 6.08 Å². The number of carbonyl (C=O) groups is 1. The Labute approximate surface area is 106 Å². The third kappa shape index (κ3) is 2.17. The minimum Gasteiger partial charge on any atom is -0.381 e. The summed E-state index contributed by atoms with van der Waals surface area (Å²) in [6.45, 7) is 7.39. The molecule has 0 saturated carbocycles. The molecule has 1 N–H and O–H groups in total. The van der Waals surface area contributed by atoms with Crippen LogP contribution in [-0.4, -0.2) is 16.5 Å². The van der Waals surface area contributed by atoms with E-state index >= 15 is 0 Å². The highest BCUT2D eigenvalue weighted by Gasteiger charge is 2.41. The summed E-state index contributed by atoms with van der Waals surface area (Å²) in [7, 11) is 0. The largest absolute Gasteiger partial charge is 0.381 e. The third-order valence-corrected chi connectivity index (χ3v) is 3.85. The van der Waals surface area contributed by atoms with Gasteiger partial charge in [0.1, 0.15) is 5.60 Å². The van der Waals surface area contributed by atoms with Gasteiger partial charge in [-0.2, -0.15) is 0 Å². The highest BCUT2D eigenvalue weighted by molar-refractivity contribution is 9.13. The second-order valence-corrected chi connectivity index (χ2v) is 5.77. The van der Waals surface area contributed by atoms with Crippen molar-refractivity contribution < 1.29 is 9.90 Å². The van der Waals surface area contributed by atoms with Gasteiger partial charge in [-0.05, 0) is 44.0 Å². The van der Waals surface area contributed by atoms with Crippen LogP contribution in [0.5, 0.6) is 0 Å². The number of hydrogen-bond donors (Lipinski definition) is 1. The molecule has 0 radical (unpaired) electrons. The van der Waals surface area contributed by atoms with Gasteiger partial charge in [0.2, 0.25) is 5.78 Å². The van der Waals surface area contributed by atoms with Gasteiger partial charge < -0.3 is 5.11 Å². The normalized spacial score (nSPS) is 20.7. The summed E-state index contributed by atoms with van der Waals surface area (Å²) < 4.78 is 0.712. The molecule has 0 amide bonds. The molecule has 0 aromatic rings. The first-order chi connectivity index (χ1) is 6.73. The van der Waals surface area contributed by atoms with Crippen molar-refractivity contribution in [3.05, 3.63) is 33.8 Å². The number of Topliss-reactive ketones (excluding diaryl/α,β-unsaturated/α-hetero) is 1. The van der Waals surface area contributed by atoms with E-state index in [0.29, 0.717) is 8.96 Å². The van der Waals surface area contributed by atoms with Gasteiger partial charge in [0, 0.05) is 5.41 Å². The SMILES string of the molecule is C=CC(C)(C)C1(O)C=C(Br)C(=O)C(Br)=C1. The summed E-state index contributed by atoms with van der Waals surface area (Å²) in [5.74, 6) is -0.167. The first-order valence-electron chi connectivity index (χ1n) is 4.41. The molecule has 1 rings (SSSR count). The van der Waals surface area contributed by atoms with Crippen LogP contribution in [0, 0.1) is 5.41 Å². The Bertz CT molecular complexity index is 356. The maximum Gasteiger partial charge on any atom is 0.206 e. The summed E-state index contributed by atoms with van der Waals surface area (Å²) >= 11 is 6.28. The molecule has 2 nitrogen and oxygen atoms in total. The van der Waals surface area contributed by atoms with Crippen LogP contribution in [0.1, 0.15) is 13.8 Å². The zero-order chi connectivity index (χ0) is 11.9. The summed E-state index contributed by atoms with van der Waals surface area (Å²) in [5.41, 5.74) is -1.76. The molecule has 4 heteroatoms. The number of allylic oxidation sites excluding steroid dienone is 2. The van der Waals surface area contributed by atoms with Gasteiger partial charge in [0.25, 0.3) is 0 Å². The smallest absolute Gasteiger partial charge is 0.206 e. The minimum atomic E-state index is -1.21. The van der Waals surface area contributed by atoms with E-state index in [9.17, 15) is 9.90 Å². The highest BCUT2D eigenvalue weighted by Crippen LogP contribution is 2.41. The van der Waals surface area contributed by atoms with Crippen LogP contribution in [0.25, 0.3) is 0 Å². The standard InChI is InChI=1S/C11H12Br2O2/c1-4-10(2,3)11(15)5-7(12)9(14)8(13)6-11/h4-6,15H,1H2,2-3H3. The van der Waals surface area contributed by atoms with E-state index in [-0.39, 0.29) is 5.78 Å². The molecule has 0 fully saturated rings. The van der Waals surface area contributed by atoms with E-state index in [0.717, 1.165) is 0 Å². The average molecular weight is 336 g/mol. The van der Waals surface area contributed by atoms with Gasteiger partial charge in [-0.25, -0.2) is 0 Å². The fraction of sp³-hybridized carbons (Fsp3) is 0.364. The monoisotopic (exact) mass is 334 g/mol. The number of hydrogen-bond acceptors (Lipinski definition) is 2. The van der Waals surface area contributed by atoms with Gasteiger partial charge in [-0.3, -0.25) is 4.79 Å². The Morgan fingerprint density at radius 2 is 1.80 bits per heavy atom. The summed E-state index contributed by atoms with van der Waals surface area (Å²) in [6, 6.07) is 0. The lowest BCUT2D eigenvalue weighted by Crippen LogP contribution is -2.42. The van der Waals surface area contributed by atoms with Gasteiger partial charge in [0.15, 0.2) is 0 Å². The van der Waals surface area contributed by atoms with E-state index in [1.165, 1.54) is 12.2 Å². The molecule has 0 spiro atoms. The molecule has 82 valence electrons. The second-order valence-electron chi connectivity index (χ2n) is 4.06. The molecule has 0 atom stereocenters. The Balaban J connectivity index is 3.29. The quantitative estimate of drug-likeness (QED) is 0.787. The Kier molecular flexibility index (Phi) is 3.43. The van der Waals surface area contributed by atoms with Crippen LogP contribution in [-0.2, 0) is 4.79 Å². The van der Waals surface area contributed by atoms with E-state index in [4.69, 9.17) is 0 Å². The van der Waals surface area contributed by atoms with Crippen LogP contribution in [0.3, 0.4) is 0 Å². The Morgan fingerprint density at radius 3 is 2.13 bits per heavy atom. The molecule has 0 aliphatic heterocycles. The molecule has 0 unspecified atom stereocenters. The van der Waals surface area contributed by atoms with Crippen molar-refractivity contribution in [2.75, 3.05) is 0 Å². The van der Waals surface area contributed by atoms with Gasteiger partial charge in [0.05, 0.1) is 8.96 Å². The van der Waals surface area contributed by atoms with E-state index in [2.05, 4.69) is 38.4 Å². The average Bonchev–Trinajstić information content (AvgIpc) is 2.14. The number of ketones is 1. The van der Waals surface area contributed by atoms with Crippen LogP contribution in [0.2, 0.25) is 0 Å². The van der Waals surface area contributed by atoms with Crippen molar-refractivity contribution in [3.8, 4) is 0 Å². The molecule has 0 aromatic carbocycles. The van der Waals surface area contributed by atoms with Crippen molar-refractivity contribution in [2.24, 2.45) is 5.41 Å². The van der Waals surface area contributed by atoms with E-state index < -0.39 is 11.0 Å². The predicted molar refractivity (Wildman–Crippen MR) is 68.0 cm³/mol. The summed E-state index contributed by atoms with van der Waals surface area (Å²) in [4.78, 5) is 11.5. The molecule has 15 heavy (non-hydrogen) atoms. The van der Waals surface area contributed by atoms with Crippen molar-refractivity contribution in [1.82, 2.24) is 0 Å². The third-order valence-electron chi connectivity index (χ3n) is 2.67. The lowest BCUT2D eigenvalue weighted by atomic mass is 9.73. The molecular weight excluding hydrogens is 324 g/mol. The van der Waals surface area contributed by atoms with Crippen LogP contribution in [0.4, 0.5) is 0 Å². The molecule has 0 bridgehead atoms. The van der Waals surface area contributed by atoms with Gasteiger partial charge in [-0.1, -0.05) is 19.9 Å². The number of rotatable bonds is 2. The van der Waals surface area contributed by atoms with Crippen LogP contribution < -0.4 is 0 Å². The molecule has 0 heterocycles. The van der Waals surface area contributed by atoms with Crippen LogP contribution >= 0.6 is 31.9 Å². The maximum atomic E-state index is 11.5. The van der Waals surface area contributed by atoms with Crippen molar-refractivity contribution in [2.45, 2.75) is 19.4 Å². The fourth-order valence-corrected chi connectivity index (χ4v) is 2.60. The zero-order valence-corrected chi connectivity index (χ0v) is 11.7. The highest BCUT2D eigenvalue weighted by atomic mass is 79.9. The summed E-state index contributed by atoms with van der Waals surface area (Å²) in [6.07, 6.45) is 4.67. The summed E-state index contributed by atoms with van der Waals surface area (Å²) in [5, 5.41) is 10.4. The molecule has 0 aromatic heterocycles. The molecule has 1 aliphatic rings. The topological polar surface area (TPSA) is 37.3 Å². The first-order valence-corrected chi connectivity index (χ1v) is 5.99. The van der Waals surface area contributed by atoms with Gasteiger partial charge >= 0.3 is 0 Å². The Morgan fingerprint density at radius 1 is 1.40 bits per heavy atom. The van der Waals surface area contributed by atoms with Crippen LogP contribution in [0.15, 0.2) is 33.8 Å². The lowest BCUT2D eigenvalue weighted by Gasteiger charge is -2.38. The van der Waals surface area contributed by atoms with E-state index in [1.807, 2.05) is 13.8 Å². The molecule has 1 aliphatic carbocycles. The van der Waals surface area contributed by atoms with Gasteiger partial charge in [-0.15, -0.1) is 6.58 Å². The minimum absolute atomic E-state index is 0.167. The number of aliphatic hydroxyl groups is 1. The number of halogens is 2.